The molecule has 4 rings (SSSR count). The molecule has 2 aromatic carbocycles. The number of nitrogens with one attached hydrogen (secondary N) is 2. The molecule has 0 aliphatic heterocycles. The maximum absolute atomic E-state index is 14.6. The van der Waals surface area contributed by atoms with Gasteiger partial charge in [0.25, 0.3) is 5.91 Å². The summed E-state index contributed by atoms with van der Waals surface area (Å²) in [5, 5.41) is 11.6. The van der Waals surface area contributed by atoms with Crippen molar-refractivity contribution >= 4 is 34.6 Å². The van der Waals surface area contributed by atoms with Gasteiger partial charge in [-0.1, -0.05) is 17.7 Å². The van der Waals surface area contributed by atoms with Crippen molar-refractivity contribution in [3.05, 3.63) is 63.0 Å². The Kier molecular flexibility index (Phi) is 8.38. The van der Waals surface area contributed by atoms with Crippen molar-refractivity contribution in [2.75, 3.05) is 27.9 Å². The molecule has 15 heteroatoms. The number of hydrogen-bond donors (Lipinski definition) is 3. The molecular formula is C25H23ClFN5O8. The molecule has 0 unspecified atom stereocenters. The average Bonchev–Trinajstić information content (AvgIpc) is 3.25. The van der Waals surface area contributed by atoms with Gasteiger partial charge in [0.1, 0.15) is 35.9 Å². The van der Waals surface area contributed by atoms with Crippen LogP contribution in [0.3, 0.4) is 0 Å². The number of carboxylic acids is 1. The Bertz CT molecular complexity index is 1650. The van der Waals surface area contributed by atoms with Crippen molar-refractivity contribution in [3.8, 4) is 28.8 Å². The molecule has 0 aliphatic carbocycles. The number of ether oxygens (including phenoxy) is 4. The third-order valence-electron chi connectivity index (χ3n) is 5.61. The number of aromatic nitrogens is 4. The second-order valence-corrected chi connectivity index (χ2v) is 8.51. The Labute approximate surface area is 230 Å². The van der Waals surface area contributed by atoms with Crippen molar-refractivity contribution in [2.45, 2.75) is 13.0 Å². The SMILES string of the molecule is CNC(=O)COc1cc(Cl)c(-n2c(=O)[nH]c3c(OC)nc(CC(=O)O)nc32)cc1OCc1c(F)cccc1OC. The maximum Gasteiger partial charge on any atom is 0.332 e. The minimum absolute atomic E-state index is 0.00152. The van der Waals surface area contributed by atoms with Crippen LogP contribution < -0.4 is 30.0 Å². The molecule has 0 aliphatic rings. The zero-order chi connectivity index (χ0) is 29.0. The van der Waals surface area contributed by atoms with Gasteiger partial charge in [0.05, 0.1) is 30.5 Å². The fourth-order valence-corrected chi connectivity index (χ4v) is 3.98. The molecule has 210 valence electrons. The fourth-order valence-electron chi connectivity index (χ4n) is 3.74. The van der Waals surface area contributed by atoms with E-state index in [2.05, 4.69) is 20.3 Å². The van der Waals surface area contributed by atoms with Gasteiger partial charge in [-0.05, 0) is 12.1 Å². The van der Waals surface area contributed by atoms with Gasteiger partial charge in [-0.25, -0.2) is 18.7 Å². The minimum Gasteiger partial charge on any atom is -0.496 e. The van der Waals surface area contributed by atoms with Crippen LogP contribution in [0, 0.1) is 5.82 Å². The van der Waals surface area contributed by atoms with Gasteiger partial charge in [0.2, 0.25) is 5.88 Å². The second-order valence-electron chi connectivity index (χ2n) is 8.11. The predicted octanol–water partition coefficient (Wildman–Crippen LogP) is 2.25. The summed E-state index contributed by atoms with van der Waals surface area (Å²) in [6.45, 7) is -0.698. The van der Waals surface area contributed by atoms with Crippen LogP contribution in [0.2, 0.25) is 5.02 Å². The average molecular weight is 576 g/mol. The Hall–Kier alpha value is -4.85. The Morgan fingerprint density at radius 3 is 2.55 bits per heavy atom. The molecule has 3 N–H and O–H groups in total. The summed E-state index contributed by atoms with van der Waals surface area (Å²) < 4.78 is 37.5. The number of fused-ring (bicyclic) bond motifs is 1. The van der Waals surface area contributed by atoms with Crippen molar-refractivity contribution < 1.29 is 38.0 Å². The number of nitrogens with zero attached hydrogens (tertiary/aromatic N) is 3. The number of rotatable bonds is 11. The van der Waals surface area contributed by atoms with Gasteiger partial charge >= 0.3 is 11.7 Å². The Morgan fingerprint density at radius 2 is 1.88 bits per heavy atom. The number of benzene rings is 2. The molecule has 2 heterocycles. The van der Waals surface area contributed by atoms with E-state index in [1.165, 1.54) is 45.5 Å². The van der Waals surface area contributed by atoms with Gasteiger partial charge < -0.3 is 29.4 Å². The van der Waals surface area contributed by atoms with Gasteiger partial charge in [-0.15, -0.1) is 0 Å². The predicted molar refractivity (Wildman–Crippen MR) is 139 cm³/mol. The first-order chi connectivity index (χ1) is 19.2. The van der Waals surface area contributed by atoms with E-state index in [4.69, 9.17) is 30.5 Å². The van der Waals surface area contributed by atoms with E-state index in [1.807, 2.05) is 0 Å². The zero-order valence-corrected chi connectivity index (χ0v) is 22.2. The van der Waals surface area contributed by atoms with Crippen molar-refractivity contribution in [3.63, 3.8) is 0 Å². The summed E-state index contributed by atoms with van der Waals surface area (Å²) in [6, 6.07) is 6.94. The highest BCUT2D eigenvalue weighted by Gasteiger charge is 2.22. The number of likely N-dealkylation sites (N-methyl/N-ethyl adjacent to an activating group) is 1. The van der Waals surface area contributed by atoms with Crippen LogP contribution in [0.25, 0.3) is 16.9 Å². The van der Waals surface area contributed by atoms with Crippen molar-refractivity contribution in [1.29, 1.82) is 0 Å². The second kappa shape index (κ2) is 11.9. The van der Waals surface area contributed by atoms with Gasteiger partial charge in [-0.3, -0.25) is 14.6 Å². The smallest absolute Gasteiger partial charge is 0.332 e. The summed E-state index contributed by atoms with van der Waals surface area (Å²) in [5.74, 6) is -2.11. The summed E-state index contributed by atoms with van der Waals surface area (Å²) in [5.41, 5.74) is -0.453. The van der Waals surface area contributed by atoms with Gasteiger partial charge in [0.15, 0.2) is 23.8 Å². The van der Waals surface area contributed by atoms with Crippen LogP contribution in [-0.2, 0) is 22.6 Å². The first kappa shape index (κ1) is 28.2. The quantitative estimate of drug-likeness (QED) is 0.241. The van der Waals surface area contributed by atoms with Crippen LogP contribution in [0.1, 0.15) is 11.4 Å². The molecule has 0 saturated heterocycles. The number of aliphatic carboxylic acids is 1. The zero-order valence-electron chi connectivity index (χ0n) is 21.4. The molecule has 2 aromatic heterocycles. The number of methoxy groups -OCH3 is 2. The van der Waals surface area contributed by atoms with E-state index in [9.17, 15) is 23.9 Å². The Morgan fingerprint density at radius 1 is 1.12 bits per heavy atom. The first-order valence-corrected chi connectivity index (χ1v) is 11.9. The van der Waals surface area contributed by atoms with Crippen LogP contribution in [0.4, 0.5) is 4.39 Å². The number of imidazole rings is 1. The molecular weight excluding hydrogens is 553 g/mol. The molecule has 0 bridgehead atoms. The number of amides is 1. The van der Waals surface area contributed by atoms with E-state index in [1.54, 1.807) is 6.07 Å². The molecule has 0 saturated carbocycles. The highest BCUT2D eigenvalue weighted by atomic mass is 35.5. The van der Waals surface area contributed by atoms with Gasteiger partial charge in [-0.2, -0.15) is 4.98 Å². The largest absolute Gasteiger partial charge is 0.496 e. The first-order valence-electron chi connectivity index (χ1n) is 11.6. The third kappa shape index (κ3) is 5.76. The van der Waals surface area contributed by atoms with E-state index in [0.717, 1.165) is 4.57 Å². The van der Waals surface area contributed by atoms with Gasteiger partial charge in [0, 0.05) is 19.2 Å². The number of aromatic amines is 1. The lowest BCUT2D eigenvalue weighted by Gasteiger charge is -2.17. The highest BCUT2D eigenvalue weighted by Crippen LogP contribution is 2.37. The van der Waals surface area contributed by atoms with Crippen molar-refractivity contribution in [2.24, 2.45) is 0 Å². The summed E-state index contributed by atoms with van der Waals surface area (Å²) in [4.78, 5) is 47.0. The lowest BCUT2D eigenvalue weighted by molar-refractivity contribution is -0.136. The van der Waals surface area contributed by atoms with E-state index in [-0.39, 0.29) is 69.6 Å². The third-order valence-corrected chi connectivity index (χ3v) is 5.91. The standard InChI is InChI=1S/C25H23ClFN5O8/c1-28-20(33)11-40-17-7-13(26)15(8-18(17)39-10-12-14(27)5-4-6-16(12)37-2)32-23-22(31-25(32)36)24(38-3)30-19(29-23)9-21(34)35/h4-8H,9-11H2,1-3H3,(H,28,33)(H,31,36)(H,34,35). The molecule has 1 amide bonds. The van der Waals surface area contributed by atoms with E-state index < -0.39 is 29.8 Å². The number of H-pyrrole nitrogens is 1. The molecule has 0 radical (unpaired) electrons. The topological polar surface area (TPSA) is 167 Å². The monoisotopic (exact) mass is 575 g/mol. The molecule has 4 aromatic rings. The number of carbonyl (C=O) groups excluding carboxylic acids is 1. The highest BCUT2D eigenvalue weighted by molar-refractivity contribution is 6.32. The lowest BCUT2D eigenvalue weighted by Crippen LogP contribution is -2.25. The number of hydrogen-bond acceptors (Lipinski definition) is 9. The molecule has 0 fully saturated rings. The normalized spacial score (nSPS) is 10.8. The summed E-state index contributed by atoms with van der Waals surface area (Å²) in [6.07, 6.45) is -0.537. The summed E-state index contributed by atoms with van der Waals surface area (Å²) >= 11 is 6.54. The fraction of sp³-hybridized carbons (Fsp3) is 0.240. The molecule has 40 heavy (non-hydrogen) atoms. The van der Waals surface area contributed by atoms with Crippen LogP contribution in [0.15, 0.2) is 35.1 Å². The van der Waals surface area contributed by atoms with Crippen LogP contribution in [-0.4, -0.2) is 64.4 Å². The van der Waals surface area contributed by atoms with Crippen LogP contribution in [0.5, 0.6) is 23.1 Å². The van der Waals surface area contributed by atoms with E-state index >= 15 is 0 Å². The Balaban J connectivity index is 1.86. The van der Waals surface area contributed by atoms with Crippen LogP contribution >= 0.6 is 11.6 Å². The molecule has 13 nitrogen and oxygen atoms in total. The van der Waals surface area contributed by atoms with Crippen molar-refractivity contribution in [1.82, 2.24) is 24.8 Å². The molecule has 0 atom stereocenters. The maximum atomic E-state index is 14.6. The number of halogens is 2. The minimum atomic E-state index is -1.19. The molecule has 0 spiro atoms. The van der Waals surface area contributed by atoms with E-state index in [0.29, 0.717) is 0 Å². The number of carboxylic acid groups (broad SMARTS) is 1. The lowest BCUT2D eigenvalue weighted by atomic mass is 10.2. The number of carbonyl (C=O) groups is 2. The summed E-state index contributed by atoms with van der Waals surface area (Å²) in [7, 11) is 4.12.